The molecule has 1 amide bonds. The Bertz CT molecular complexity index is 684. The van der Waals surface area contributed by atoms with E-state index in [-0.39, 0.29) is 11.8 Å². The van der Waals surface area contributed by atoms with E-state index in [2.05, 4.69) is 0 Å². The van der Waals surface area contributed by atoms with Crippen LogP contribution in [0.25, 0.3) is 0 Å². The maximum absolute atomic E-state index is 13.1. The summed E-state index contributed by atoms with van der Waals surface area (Å²) < 4.78 is 0. The highest BCUT2D eigenvalue weighted by atomic mass is 16.4. The molecule has 23 heavy (non-hydrogen) atoms. The van der Waals surface area contributed by atoms with E-state index in [0.717, 1.165) is 29.4 Å². The standard InChI is InChI=1S/C19H21NO3/c21-18(16-14-11-5-6-12(9-11)15(14)16)20-8-7-10-3-1-2-4-13(10)17(20)19(22)23/h1-4,11-12,14-17H,5-9H2,(H,22,23)/t11-,12-,14-,15+,16?,17-/m0/s1. The van der Waals surface area contributed by atoms with Crippen molar-refractivity contribution in [3.05, 3.63) is 35.4 Å². The molecular formula is C19H21NO3. The number of fused-ring (bicyclic) bond motifs is 6. The van der Waals surface area contributed by atoms with Gasteiger partial charge in [-0.05, 0) is 60.5 Å². The Morgan fingerprint density at radius 2 is 1.78 bits per heavy atom. The minimum atomic E-state index is -0.903. The van der Waals surface area contributed by atoms with Crippen LogP contribution < -0.4 is 0 Å². The van der Waals surface area contributed by atoms with Crippen molar-refractivity contribution in [1.82, 2.24) is 4.90 Å². The van der Waals surface area contributed by atoms with Gasteiger partial charge in [0.1, 0.15) is 0 Å². The van der Waals surface area contributed by atoms with E-state index in [1.807, 2.05) is 24.3 Å². The van der Waals surface area contributed by atoms with Crippen LogP contribution in [0.1, 0.15) is 36.4 Å². The smallest absolute Gasteiger partial charge is 0.331 e. The van der Waals surface area contributed by atoms with Gasteiger partial charge in [0.05, 0.1) is 0 Å². The van der Waals surface area contributed by atoms with Crippen LogP contribution >= 0.6 is 0 Å². The van der Waals surface area contributed by atoms with Crippen molar-refractivity contribution in [1.29, 1.82) is 0 Å². The van der Waals surface area contributed by atoms with Gasteiger partial charge in [-0.15, -0.1) is 0 Å². The Kier molecular flexibility index (Phi) is 2.71. The predicted octanol–water partition coefficient (Wildman–Crippen LogP) is 2.49. The second-order valence-corrected chi connectivity index (χ2v) is 7.73. The number of carbonyl (C=O) groups is 2. The van der Waals surface area contributed by atoms with Crippen molar-refractivity contribution in [3.63, 3.8) is 0 Å². The zero-order valence-corrected chi connectivity index (χ0v) is 13.0. The summed E-state index contributed by atoms with van der Waals surface area (Å²) in [6, 6.07) is 6.86. The van der Waals surface area contributed by atoms with Crippen LogP contribution in [0.2, 0.25) is 0 Å². The molecular weight excluding hydrogens is 290 g/mol. The van der Waals surface area contributed by atoms with Crippen molar-refractivity contribution in [2.24, 2.45) is 29.6 Å². The second-order valence-electron chi connectivity index (χ2n) is 7.73. The number of carbonyl (C=O) groups excluding carboxylic acids is 1. The lowest BCUT2D eigenvalue weighted by Crippen LogP contribution is -2.45. The second kappa shape index (κ2) is 4.59. The number of aliphatic carboxylic acids is 1. The van der Waals surface area contributed by atoms with E-state index in [9.17, 15) is 14.7 Å². The molecule has 1 aromatic carbocycles. The molecule has 6 atom stereocenters. The van der Waals surface area contributed by atoms with Crippen LogP contribution in [0.15, 0.2) is 24.3 Å². The molecule has 120 valence electrons. The van der Waals surface area contributed by atoms with Crippen LogP contribution in [0, 0.1) is 29.6 Å². The van der Waals surface area contributed by atoms with Gasteiger partial charge in [0, 0.05) is 12.5 Å². The number of amides is 1. The van der Waals surface area contributed by atoms with Crippen LogP contribution in [-0.2, 0) is 16.0 Å². The number of carboxylic acids is 1. The Morgan fingerprint density at radius 1 is 1.09 bits per heavy atom. The molecule has 5 rings (SSSR count). The highest BCUT2D eigenvalue weighted by molar-refractivity contribution is 5.89. The van der Waals surface area contributed by atoms with Crippen LogP contribution in [0.3, 0.4) is 0 Å². The maximum atomic E-state index is 13.1. The first-order chi connectivity index (χ1) is 11.2. The number of benzene rings is 1. The van der Waals surface area contributed by atoms with E-state index in [4.69, 9.17) is 0 Å². The average Bonchev–Trinajstić information content (AvgIpc) is 2.99. The fourth-order valence-corrected chi connectivity index (χ4v) is 5.92. The zero-order valence-electron chi connectivity index (χ0n) is 13.0. The maximum Gasteiger partial charge on any atom is 0.331 e. The summed E-state index contributed by atoms with van der Waals surface area (Å²) in [7, 11) is 0. The molecule has 1 heterocycles. The van der Waals surface area contributed by atoms with Crippen molar-refractivity contribution in [2.75, 3.05) is 6.54 Å². The van der Waals surface area contributed by atoms with Gasteiger partial charge < -0.3 is 10.0 Å². The molecule has 0 aromatic heterocycles. The molecule has 2 bridgehead atoms. The highest BCUT2D eigenvalue weighted by Crippen LogP contribution is 2.69. The third-order valence-corrected chi connectivity index (χ3v) is 6.82. The van der Waals surface area contributed by atoms with Gasteiger partial charge in [0.2, 0.25) is 5.91 Å². The fraction of sp³-hybridized carbons (Fsp3) is 0.579. The van der Waals surface area contributed by atoms with Crippen molar-refractivity contribution in [2.45, 2.75) is 31.7 Å². The largest absolute Gasteiger partial charge is 0.479 e. The number of rotatable bonds is 2. The SMILES string of the molecule is O=C(O)[C@@H]1c2ccccc2CCN1C(=O)C1[C@@H]2[C@H]3CC[C@@H](C3)[C@H]12. The lowest BCUT2D eigenvalue weighted by atomic mass is 9.91. The van der Waals surface area contributed by atoms with Crippen molar-refractivity contribution in [3.8, 4) is 0 Å². The van der Waals surface area contributed by atoms with E-state index < -0.39 is 12.0 Å². The van der Waals surface area contributed by atoms with Crippen molar-refractivity contribution < 1.29 is 14.7 Å². The van der Waals surface area contributed by atoms with E-state index in [1.165, 1.54) is 19.3 Å². The van der Waals surface area contributed by atoms with E-state index >= 15 is 0 Å². The molecule has 3 aliphatic carbocycles. The molecule has 1 aliphatic heterocycles. The lowest BCUT2D eigenvalue weighted by Gasteiger charge is -2.35. The Hall–Kier alpha value is -1.84. The number of nitrogens with zero attached hydrogens (tertiary/aromatic N) is 1. The Balaban J connectivity index is 1.44. The topological polar surface area (TPSA) is 57.6 Å². The monoisotopic (exact) mass is 311 g/mol. The van der Waals surface area contributed by atoms with Gasteiger partial charge in [-0.1, -0.05) is 24.3 Å². The van der Waals surface area contributed by atoms with Gasteiger partial charge in [0.15, 0.2) is 6.04 Å². The fourth-order valence-electron chi connectivity index (χ4n) is 5.92. The first-order valence-electron chi connectivity index (χ1n) is 8.78. The van der Waals surface area contributed by atoms with Crippen LogP contribution in [0.4, 0.5) is 0 Å². The Labute approximate surface area is 135 Å². The average molecular weight is 311 g/mol. The number of carboxylic acid groups (broad SMARTS) is 1. The third-order valence-electron chi connectivity index (χ3n) is 6.82. The van der Waals surface area contributed by atoms with E-state index in [0.29, 0.717) is 18.4 Å². The number of hydrogen-bond acceptors (Lipinski definition) is 2. The van der Waals surface area contributed by atoms with Gasteiger partial charge >= 0.3 is 5.97 Å². The normalized spacial score (nSPS) is 39.7. The molecule has 4 aliphatic rings. The minimum Gasteiger partial charge on any atom is -0.479 e. The van der Waals surface area contributed by atoms with Gasteiger partial charge in [-0.2, -0.15) is 0 Å². The molecule has 1 aromatic rings. The molecule has 3 saturated carbocycles. The molecule has 4 nitrogen and oxygen atoms in total. The van der Waals surface area contributed by atoms with Crippen molar-refractivity contribution >= 4 is 11.9 Å². The first-order valence-corrected chi connectivity index (χ1v) is 8.78. The molecule has 1 N–H and O–H groups in total. The third kappa shape index (κ3) is 1.78. The summed E-state index contributed by atoms with van der Waals surface area (Å²) in [5.41, 5.74) is 1.87. The summed E-state index contributed by atoms with van der Waals surface area (Å²) in [6.45, 7) is 0.540. The molecule has 1 unspecified atom stereocenters. The van der Waals surface area contributed by atoms with Gasteiger partial charge in [-0.3, -0.25) is 4.79 Å². The molecule has 3 fully saturated rings. The summed E-state index contributed by atoms with van der Waals surface area (Å²) in [5, 5.41) is 9.73. The highest BCUT2D eigenvalue weighted by Gasteiger charge is 2.68. The quantitative estimate of drug-likeness (QED) is 0.913. The van der Waals surface area contributed by atoms with Gasteiger partial charge in [0.25, 0.3) is 0 Å². The molecule has 0 radical (unpaired) electrons. The molecule has 0 saturated heterocycles. The predicted molar refractivity (Wildman–Crippen MR) is 83.5 cm³/mol. The summed E-state index contributed by atoms with van der Waals surface area (Å²) in [5.74, 6) is 1.92. The van der Waals surface area contributed by atoms with Crippen LogP contribution in [0.5, 0.6) is 0 Å². The summed E-state index contributed by atoms with van der Waals surface area (Å²) in [4.78, 5) is 26.6. The first kappa shape index (κ1) is 13.6. The van der Waals surface area contributed by atoms with Crippen LogP contribution in [-0.4, -0.2) is 28.4 Å². The lowest BCUT2D eigenvalue weighted by molar-refractivity contribution is -0.152. The summed E-state index contributed by atoms with van der Waals surface area (Å²) in [6.07, 6.45) is 4.63. The summed E-state index contributed by atoms with van der Waals surface area (Å²) >= 11 is 0. The van der Waals surface area contributed by atoms with Gasteiger partial charge in [-0.25, -0.2) is 4.79 Å². The van der Waals surface area contributed by atoms with E-state index in [1.54, 1.807) is 4.90 Å². The molecule has 0 spiro atoms. The number of hydrogen-bond donors (Lipinski definition) is 1. The minimum absolute atomic E-state index is 0.110. The Morgan fingerprint density at radius 3 is 2.48 bits per heavy atom. The molecule has 4 heteroatoms. The zero-order chi connectivity index (χ0) is 15.7.